The van der Waals surface area contributed by atoms with Crippen LogP contribution in [0.1, 0.15) is 33.8 Å². The van der Waals surface area contributed by atoms with Crippen LogP contribution in [0.4, 0.5) is 11.4 Å². The van der Waals surface area contributed by atoms with E-state index in [0.29, 0.717) is 23.7 Å². The highest BCUT2D eigenvalue weighted by Crippen LogP contribution is 2.67. The van der Waals surface area contributed by atoms with Gasteiger partial charge in [0.05, 0.1) is 11.1 Å². The first kappa shape index (κ1) is 20.5. The average Bonchev–Trinajstić information content (AvgIpc) is 3.56. The molecule has 1 aliphatic carbocycles. The van der Waals surface area contributed by atoms with Crippen LogP contribution >= 0.6 is 11.6 Å². The molecule has 0 radical (unpaired) electrons. The van der Waals surface area contributed by atoms with Crippen LogP contribution in [0.15, 0.2) is 72.8 Å². The summed E-state index contributed by atoms with van der Waals surface area (Å²) in [5, 5.41) is 3.97. The molecule has 3 aromatic carbocycles. The van der Waals surface area contributed by atoms with Gasteiger partial charge in [-0.2, -0.15) is 0 Å². The molecule has 6 heteroatoms. The molecule has 2 aliphatic heterocycles. The van der Waals surface area contributed by atoms with Gasteiger partial charge in [-0.15, -0.1) is 0 Å². The van der Waals surface area contributed by atoms with Crippen molar-refractivity contribution in [1.82, 2.24) is 10.2 Å². The zero-order chi connectivity index (χ0) is 22.6. The van der Waals surface area contributed by atoms with Crippen molar-refractivity contribution in [3.05, 3.63) is 94.5 Å². The predicted molar refractivity (Wildman–Crippen MR) is 129 cm³/mol. The SMILES string of the molecule is O=C(c1cccc(N2C(=O)[C@@]3(C[C@@H]3c3ccc(Cl)cc3)c3ccccc32)c1)N1CCNCC1. The van der Waals surface area contributed by atoms with Crippen molar-refractivity contribution in [1.29, 1.82) is 0 Å². The van der Waals surface area contributed by atoms with Crippen LogP contribution in [0.25, 0.3) is 0 Å². The molecule has 166 valence electrons. The monoisotopic (exact) mass is 457 g/mol. The number of amides is 2. The van der Waals surface area contributed by atoms with Crippen LogP contribution in [0.3, 0.4) is 0 Å². The number of rotatable bonds is 3. The van der Waals surface area contributed by atoms with Gasteiger partial charge < -0.3 is 10.2 Å². The first-order valence-electron chi connectivity index (χ1n) is 11.4. The van der Waals surface area contributed by atoms with Crippen molar-refractivity contribution >= 4 is 34.8 Å². The highest BCUT2D eigenvalue weighted by atomic mass is 35.5. The van der Waals surface area contributed by atoms with E-state index in [-0.39, 0.29) is 17.7 Å². The first-order chi connectivity index (χ1) is 16.1. The molecule has 2 heterocycles. The Bertz CT molecular complexity index is 1250. The fraction of sp³-hybridized carbons (Fsp3) is 0.259. The number of fused-ring (bicyclic) bond motifs is 2. The molecule has 6 rings (SSSR count). The molecule has 0 aromatic heterocycles. The second kappa shape index (κ2) is 7.72. The van der Waals surface area contributed by atoms with Gasteiger partial charge in [0.1, 0.15) is 0 Å². The number of hydrogen-bond acceptors (Lipinski definition) is 3. The van der Waals surface area contributed by atoms with Crippen LogP contribution in [0.5, 0.6) is 0 Å². The Kier molecular flexibility index (Phi) is 4.78. The molecule has 3 aromatic rings. The number of nitrogens with one attached hydrogen (secondary N) is 1. The fourth-order valence-corrected chi connectivity index (χ4v) is 5.58. The molecule has 2 amide bonds. The fourth-order valence-electron chi connectivity index (χ4n) is 5.45. The largest absolute Gasteiger partial charge is 0.336 e. The summed E-state index contributed by atoms with van der Waals surface area (Å²) in [6, 6.07) is 23.3. The Morgan fingerprint density at radius 1 is 0.970 bits per heavy atom. The summed E-state index contributed by atoms with van der Waals surface area (Å²) >= 11 is 6.09. The smallest absolute Gasteiger partial charge is 0.254 e. The van der Waals surface area contributed by atoms with E-state index in [0.717, 1.165) is 42.0 Å². The number of benzene rings is 3. The number of hydrogen-bond donors (Lipinski definition) is 1. The Hall–Kier alpha value is -3.15. The lowest BCUT2D eigenvalue weighted by atomic mass is 9.92. The van der Waals surface area contributed by atoms with E-state index < -0.39 is 5.41 Å². The zero-order valence-electron chi connectivity index (χ0n) is 18.1. The summed E-state index contributed by atoms with van der Waals surface area (Å²) < 4.78 is 0. The third-order valence-electron chi connectivity index (χ3n) is 7.20. The van der Waals surface area contributed by atoms with E-state index in [2.05, 4.69) is 11.4 Å². The van der Waals surface area contributed by atoms with Gasteiger partial charge in [0.2, 0.25) is 5.91 Å². The molecular weight excluding hydrogens is 434 g/mol. The number of piperazine rings is 1. The normalized spacial score (nSPS) is 23.7. The predicted octanol–water partition coefficient (Wildman–Crippen LogP) is 4.49. The van der Waals surface area contributed by atoms with E-state index in [1.54, 1.807) is 4.90 Å². The van der Waals surface area contributed by atoms with Crippen LogP contribution in [0.2, 0.25) is 5.02 Å². The molecular formula is C27H24ClN3O2. The standard InChI is InChI=1S/C27H24ClN3O2/c28-20-10-8-18(9-11-20)23-17-27(23)22-6-1-2-7-24(22)31(26(27)33)21-5-3-4-19(16-21)25(32)30-14-12-29-13-15-30/h1-11,16,23,29H,12-15,17H2/t23-,27+/m1/s1. The van der Waals surface area contributed by atoms with Crippen LogP contribution in [-0.2, 0) is 10.2 Å². The second-order valence-electron chi connectivity index (χ2n) is 9.03. The van der Waals surface area contributed by atoms with E-state index in [9.17, 15) is 9.59 Å². The third-order valence-corrected chi connectivity index (χ3v) is 7.45. The molecule has 1 saturated heterocycles. The first-order valence-corrected chi connectivity index (χ1v) is 11.8. The molecule has 1 spiro atoms. The van der Waals surface area contributed by atoms with Gasteiger partial charge >= 0.3 is 0 Å². The Morgan fingerprint density at radius 2 is 1.73 bits per heavy atom. The summed E-state index contributed by atoms with van der Waals surface area (Å²) in [5.74, 6) is 0.216. The molecule has 3 aliphatic rings. The highest BCUT2D eigenvalue weighted by Gasteiger charge is 2.67. The lowest BCUT2D eigenvalue weighted by molar-refractivity contribution is -0.119. The van der Waals surface area contributed by atoms with E-state index in [1.807, 2.05) is 71.6 Å². The van der Waals surface area contributed by atoms with Gasteiger partial charge in [-0.05, 0) is 53.9 Å². The maximum absolute atomic E-state index is 14.0. The van der Waals surface area contributed by atoms with Crippen LogP contribution < -0.4 is 10.2 Å². The minimum atomic E-state index is -0.553. The number of para-hydroxylation sites is 1. The van der Waals surface area contributed by atoms with Crippen LogP contribution in [-0.4, -0.2) is 42.9 Å². The quantitative estimate of drug-likeness (QED) is 0.630. The van der Waals surface area contributed by atoms with Crippen molar-refractivity contribution in [3.8, 4) is 0 Å². The Morgan fingerprint density at radius 3 is 2.52 bits per heavy atom. The van der Waals surface area contributed by atoms with E-state index >= 15 is 0 Å². The van der Waals surface area contributed by atoms with Crippen molar-refractivity contribution in [2.45, 2.75) is 17.8 Å². The lowest BCUT2D eigenvalue weighted by Crippen LogP contribution is -2.46. The summed E-state index contributed by atoms with van der Waals surface area (Å²) in [7, 11) is 0. The molecule has 33 heavy (non-hydrogen) atoms. The topological polar surface area (TPSA) is 52.7 Å². The summed E-state index contributed by atoms with van der Waals surface area (Å²) in [4.78, 5) is 30.7. The average molecular weight is 458 g/mol. The van der Waals surface area contributed by atoms with Gasteiger partial charge in [-0.3, -0.25) is 14.5 Å². The van der Waals surface area contributed by atoms with Gasteiger partial charge in [0, 0.05) is 48.4 Å². The zero-order valence-corrected chi connectivity index (χ0v) is 18.9. The molecule has 2 atom stereocenters. The van der Waals surface area contributed by atoms with Gasteiger partial charge in [-0.1, -0.05) is 48.0 Å². The molecule has 5 nitrogen and oxygen atoms in total. The summed E-state index contributed by atoms with van der Waals surface area (Å²) in [6.45, 7) is 3.00. The number of anilines is 2. The summed E-state index contributed by atoms with van der Waals surface area (Å²) in [5.41, 5.74) is 3.91. The molecule has 0 unspecified atom stereocenters. The van der Waals surface area contributed by atoms with Crippen molar-refractivity contribution in [3.63, 3.8) is 0 Å². The number of halogens is 1. The maximum atomic E-state index is 14.0. The number of carbonyl (C=O) groups is 2. The minimum Gasteiger partial charge on any atom is -0.336 e. The van der Waals surface area contributed by atoms with Gasteiger partial charge in [-0.25, -0.2) is 0 Å². The van der Waals surface area contributed by atoms with Crippen molar-refractivity contribution in [2.75, 3.05) is 31.1 Å². The van der Waals surface area contributed by atoms with E-state index in [1.165, 1.54) is 0 Å². The Labute approximate surface area is 198 Å². The number of nitrogens with zero attached hydrogens (tertiary/aromatic N) is 2. The van der Waals surface area contributed by atoms with Crippen molar-refractivity contribution in [2.24, 2.45) is 0 Å². The van der Waals surface area contributed by atoms with Crippen LogP contribution in [0, 0.1) is 0 Å². The second-order valence-corrected chi connectivity index (χ2v) is 9.47. The van der Waals surface area contributed by atoms with Crippen molar-refractivity contribution < 1.29 is 9.59 Å². The lowest BCUT2D eigenvalue weighted by Gasteiger charge is -2.28. The molecule has 0 bridgehead atoms. The van der Waals surface area contributed by atoms with E-state index in [4.69, 9.17) is 11.6 Å². The molecule has 2 fully saturated rings. The third kappa shape index (κ3) is 3.18. The maximum Gasteiger partial charge on any atom is 0.254 e. The Balaban J connectivity index is 1.37. The highest BCUT2D eigenvalue weighted by molar-refractivity contribution is 6.30. The molecule has 1 saturated carbocycles. The van der Waals surface area contributed by atoms with Gasteiger partial charge in [0.25, 0.3) is 5.91 Å². The summed E-state index contributed by atoms with van der Waals surface area (Å²) in [6.07, 6.45) is 0.778. The minimum absolute atomic E-state index is 0.0125. The molecule has 1 N–H and O–H groups in total. The van der Waals surface area contributed by atoms with Gasteiger partial charge in [0.15, 0.2) is 0 Å². The number of carbonyl (C=O) groups excluding carboxylic acids is 2.